The van der Waals surface area contributed by atoms with Crippen molar-refractivity contribution in [3.8, 4) is 0 Å². The van der Waals surface area contributed by atoms with Crippen molar-refractivity contribution in [3.63, 3.8) is 0 Å². The quantitative estimate of drug-likeness (QED) is 0.729. The highest BCUT2D eigenvalue weighted by Gasteiger charge is 2.20. The predicted molar refractivity (Wildman–Crippen MR) is 59.7 cm³/mol. The zero-order valence-electron chi connectivity index (χ0n) is 8.32. The van der Waals surface area contributed by atoms with Crippen molar-refractivity contribution in [2.75, 3.05) is 0 Å². The fourth-order valence-corrected chi connectivity index (χ4v) is 3.60. The van der Waals surface area contributed by atoms with Gasteiger partial charge in [0.05, 0.1) is 10.8 Å². The molecule has 14 heavy (non-hydrogen) atoms. The Morgan fingerprint density at radius 3 is 2.29 bits per heavy atom. The molecule has 0 aromatic heterocycles. The molecule has 2 heteroatoms. The zero-order chi connectivity index (χ0) is 9.80. The lowest BCUT2D eigenvalue weighted by Gasteiger charge is -2.20. The summed E-state index contributed by atoms with van der Waals surface area (Å²) in [5.41, 5.74) is 0. The molecule has 0 heterocycles. The van der Waals surface area contributed by atoms with Crippen molar-refractivity contribution in [2.45, 2.75) is 42.2 Å². The average molecular weight is 208 g/mol. The third kappa shape index (κ3) is 2.24. The second-order valence-electron chi connectivity index (χ2n) is 3.87. The van der Waals surface area contributed by atoms with Gasteiger partial charge in [0.1, 0.15) is 0 Å². The van der Waals surface area contributed by atoms with Crippen LogP contribution in [0.5, 0.6) is 0 Å². The van der Waals surface area contributed by atoms with Crippen LogP contribution in [-0.4, -0.2) is 9.46 Å². The summed E-state index contributed by atoms with van der Waals surface area (Å²) in [7, 11) is -0.770. The third-order valence-corrected chi connectivity index (χ3v) is 4.64. The van der Waals surface area contributed by atoms with Gasteiger partial charge in [0.2, 0.25) is 0 Å². The number of hydrogen-bond acceptors (Lipinski definition) is 1. The highest BCUT2D eigenvalue weighted by atomic mass is 32.2. The van der Waals surface area contributed by atoms with Crippen molar-refractivity contribution in [2.24, 2.45) is 0 Å². The van der Waals surface area contributed by atoms with Gasteiger partial charge in [0.15, 0.2) is 0 Å². The maximum atomic E-state index is 12.1. The summed E-state index contributed by atoms with van der Waals surface area (Å²) in [5, 5.41) is 0.408. The summed E-state index contributed by atoms with van der Waals surface area (Å²) in [6, 6.07) is 9.86. The van der Waals surface area contributed by atoms with Gasteiger partial charge in [-0.2, -0.15) is 0 Å². The van der Waals surface area contributed by atoms with Gasteiger partial charge in [0.25, 0.3) is 0 Å². The predicted octanol–water partition coefficient (Wildman–Crippen LogP) is 3.13. The van der Waals surface area contributed by atoms with Crippen molar-refractivity contribution in [3.05, 3.63) is 30.3 Å². The van der Waals surface area contributed by atoms with E-state index in [4.69, 9.17) is 0 Å². The lowest BCUT2D eigenvalue weighted by Crippen LogP contribution is -2.18. The second-order valence-corrected chi connectivity index (χ2v) is 5.60. The number of hydrogen-bond donors (Lipinski definition) is 0. The van der Waals surface area contributed by atoms with Crippen LogP contribution in [0, 0.1) is 0 Å². The van der Waals surface area contributed by atoms with Crippen LogP contribution in [0.2, 0.25) is 0 Å². The first-order valence-corrected chi connectivity index (χ1v) is 6.55. The van der Waals surface area contributed by atoms with Gasteiger partial charge in [-0.1, -0.05) is 37.5 Å². The Bertz CT molecular complexity index is 301. The van der Waals surface area contributed by atoms with E-state index in [-0.39, 0.29) is 0 Å². The van der Waals surface area contributed by atoms with E-state index in [0.717, 1.165) is 17.7 Å². The molecule has 1 atom stereocenters. The first-order chi connectivity index (χ1) is 6.88. The molecule has 1 aliphatic carbocycles. The summed E-state index contributed by atoms with van der Waals surface area (Å²) in [4.78, 5) is 0.999. The van der Waals surface area contributed by atoms with Crippen molar-refractivity contribution in [1.82, 2.24) is 0 Å². The van der Waals surface area contributed by atoms with E-state index in [0.29, 0.717) is 5.25 Å². The molecule has 1 saturated carbocycles. The Labute approximate surface area is 88.0 Å². The molecule has 0 aliphatic heterocycles. The smallest absolute Gasteiger partial charge is 0.0560 e. The van der Waals surface area contributed by atoms with E-state index < -0.39 is 10.8 Å². The molecule has 0 spiro atoms. The van der Waals surface area contributed by atoms with E-state index in [9.17, 15) is 4.21 Å². The molecule has 1 aromatic carbocycles. The lowest BCUT2D eigenvalue weighted by molar-refractivity contribution is 0.504. The zero-order valence-corrected chi connectivity index (χ0v) is 9.13. The lowest BCUT2D eigenvalue weighted by atomic mass is 10.0. The Balaban J connectivity index is 2.07. The van der Waals surface area contributed by atoms with Gasteiger partial charge >= 0.3 is 0 Å². The Kier molecular flexibility index (Phi) is 3.35. The minimum atomic E-state index is -0.770. The highest BCUT2D eigenvalue weighted by Crippen LogP contribution is 2.25. The maximum Gasteiger partial charge on any atom is 0.0560 e. The van der Waals surface area contributed by atoms with E-state index >= 15 is 0 Å². The number of rotatable bonds is 2. The molecule has 1 aromatic rings. The monoisotopic (exact) mass is 208 g/mol. The standard InChI is InChI=1S/C12H16OS/c13-14(11-7-3-1-4-8-11)12-9-5-2-6-10-12/h1,3-4,7-8,12H,2,5-6,9-10H2/t14-/m1/s1. The molecular formula is C12H16OS. The fourth-order valence-electron chi connectivity index (χ4n) is 2.03. The van der Waals surface area contributed by atoms with Gasteiger partial charge in [-0.15, -0.1) is 0 Å². The van der Waals surface area contributed by atoms with Crippen LogP contribution in [0.4, 0.5) is 0 Å². The molecule has 0 unspecified atom stereocenters. The fraction of sp³-hybridized carbons (Fsp3) is 0.500. The Morgan fingerprint density at radius 2 is 1.64 bits per heavy atom. The summed E-state index contributed by atoms with van der Waals surface area (Å²) in [6.45, 7) is 0. The molecule has 0 bridgehead atoms. The topological polar surface area (TPSA) is 17.1 Å². The third-order valence-electron chi connectivity index (χ3n) is 2.83. The van der Waals surface area contributed by atoms with E-state index in [1.807, 2.05) is 30.3 Å². The molecule has 0 radical (unpaired) electrons. The van der Waals surface area contributed by atoms with E-state index in [2.05, 4.69) is 0 Å². The minimum Gasteiger partial charge on any atom is -0.254 e. The van der Waals surface area contributed by atoms with E-state index in [1.165, 1.54) is 19.3 Å². The molecule has 0 N–H and O–H groups in total. The molecule has 1 nitrogen and oxygen atoms in total. The Morgan fingerprint density at radius 1 is 1.00 bits per heavy atom. The summed E-state index contributed by atoms with van der Waals surface area (Å²) < 4.78 is 12.1. The molecule has 0 amide bonds. The average Bonchev–Trinajstić information content (AvgIpc) is 2.30. The molecule has 76 valence electrons. The van der Waals surface area contributed by atoms with Gasteiger partial charge in [0, 0.05) is 10.1 Å². The van der Waals surface area contributed by atoms with Crippen molar-refractivity contribution < 1.29 is 4.21 Å². The normalized spacial score (nSPS) is 20.6. The SMILES string of the molecule is O=[S@](c1ccccc1)C1CCCCC1. The Hall–Kier alpha value is -0.630. The highest BCUT2D eigenvalue weighted by molar-refractivity contribution is 7.85. The van der Waals surface area contributed by atoms with Crippen molar-refractivity contribution in [1.29, 1.82) is 0 Å². The first kappa shape index (κ1) is 9.91. The van der Waals surface area contributed by atoms with Gasteiger partial charge in [-0.3, -0.25) is 4.21 Å². The summed E-state index contributed by atoms with van der Waals surface area (Å²) >= 11 is 0. The van der Waals surface area contributed by atoms with Crippen LogP contribution in [0.1, 0.15) is 32.1 Å². The van der Waals surface area contributed by atoms with Crippen LogP contribution >= 0.6 is 0 Å². The largest absolute Gasteiger partial charge is 0.254 e. The van der Waals surface area contributed by atoms with Gasteiger partial charge in [-0.05, 0) is 25.0 Å². The van der Waals surface area contributed by atoms with Crippen LogP contribution in [0.25, 0.3) is 0 Å². The molecule has 1 aliphatic rings. The van der Waals surface area contributed by atoms with Crippen LogP contribution in [-0.2, 0) is 10.8 Å². The summed E-state index contributed by atoms with van der Waals surface area (Å²) in [6.07, 6.45) is 6.11. The molecular weight excluding hydrogens is 192 g/mol. The first-order valence-electron chi connectivity index (χ1n) is 5.33. The van der Waals surface area contributed by atoms with E-state index in [1.54, 1.807) is 0 Å². The van der Waals surface area contributed by atoms with Gasteiger partial charge in [-0.25, -0.2) is 0 Å². The minimum absolute atomic E-state index is 0.408. The van der Waals surface area contributed by atoms with Gasteiger partial charge < -0.3 is 0 Å². The van der Waals surface area contributed by atoms with Crippen LogP contribution < -0.4 is 0 Å². The molecule has 1 fully saturated rings. The molecule has 2 rings (SSSR count). The maximum absolute atomic E-state index is 12.1. The number of benzene rings is 1. The second kappa shape index (κ2) is 4.74. The van der Waals surface area contributed by atoms with Crippen LogP contribution in [0.3, 0.4) is 0 Å². The summed E-state index contributed by atoms with van der Waals surface area (Å²) in [5.74, 6) is 0. The van der Waals surface area contributed by atoms with Crippen LogP contribution in [0.15, 0.2) is 35.2 Å². The molecule has 0 saturated heterocycles. The van der Waals surface area contributed by atoms with Crippen molar-refractivity contribution >= 4 is 10.8 Å².